The fourth-order valence-electron chi connectivity index (χ4n) is 3.87. The molecule has 0 bridgehead atoms. The molecule has 1 amide bonds. The summed E-state index contributed by atoms with van der Waals surface area (Å²) >= 11 is 0. The fraction of sp³-hybridized carbons (Fsp3) is 0.409. The van der Waals surface area contributed by atoms with Gasteiger partial charge >= 0.3 is 0 Å². The summed E-state index contributed by atoms with van der Waals surface area (Å²) in [7, 11) is 0. The predicted octanol–water partition coefficient (Wildman–Crippen LogP) is 2.69. The van der Waals surface area contributed by atoms with Crippen molar-refractivity contribution in [3.05, 3.63) is 53.3 Å². The summed E-state index contributed by atoms with van der Waals surface area (Å²) in [6.07, 6.45) is -0.319. The summed E-state index contributed by atoms with van der Waals surface area (Å²) in [6, 6.07) is 9.78. The van der Waals surface area contributed by atoms with Crippen LogP contribution in [0.15, 0.2) is 36.4 Å². The molecule has 1 saturated carbocycles. The number of rotatable bonds is 7. The van der Waals surface area contributed by atoms with E-state index < -0.39 is 6.43 Å². The lowest BCUT2D eigenvalue weighted by atomic mass is 10.2. The van der Waals surface area contributed by atoms with Crippen LogP contribution in [-0.2, 0) is 11.4 Å². The number of benzene rings is 1. The molecule has 0 radical (unpaired) electrons. The number of halogens is 2. The van der Waals surface area contributed by atoms with Crippen LogP contribution in [0.25, 0.3) is 5.69 Å². The normalized spacial score (nSPS) is 16.5. The van der Waals surface area contributed by atoms with Crippen LogP contribution in [0.1, 0.15) is 36.2 Å². The average Bonchev–Trinajstić information content (AvgIpc) is 3.60. The van der Waals surface area contributed by atoms with Crippen LogP contribution < -0.4 is 9.64 Å². The minimum atomic E-state index is -2.53. The van der Waals surface area contributed by atoms with Crippen LogP contribution in [0.5, 0.6) is 5.88 Å². The van der Waals surface area contributed by atoms with Crippen molar-refractivity contribution in [2.45, 2.75) is 38.8 Å². The maximum absolute atomic E-state index is 12.8. The van der Waals surface area contributed by atoms with Gasteiger partial charge in [0, 0.05) is 30.8 Å². The number of carbonyl (C=O) groups excluding carboxylic acids is 1. The molecule has 2 fully saturated rings. The minimum absolute atomic E-state index is 0.0561. The number of hydrogen-bond acceptors (Lipinski definition) is 7. The number of hydrogen-bond donors (Lipinski definition) is 0. The molecule has 1 aliphatic heterocycles. The van der Waals surface area contributed by atoms with Crippen LogP contribution in [0.3, 0.4) is 0 Å². The van der Waals surface area contributed by atoms with Crippen LogP contribution in [0.4, 0.5) is 14.6 Å². The molecule has 0 atom stereocenters. The van der Waals surface area contributed by atoms with E-state index in [0.717, 1.165) is 19.4 Å². The van der Waals surface area contributed by atoms with Gasteiger partial charge in [-0.05, 0) is 38.0 Å². The molecule has 1 aliphatic carbocycles. The number of ether oxygens (including phenoxy) is 1. The zero-order valence-electron chi connectivity index (χ0n) is 18.1. The fourth-order valence-corrected chi connectivity index (χ4v) is 3.87. The zero-order valence-corrected chi connectivity index (χ0v) is 18.1. The Hall–Kier alpha value is -3.63. The Morgan fingerprint density at radius 2 is 1.85 bits per heavy atom. The number of aryl methyl sites for hydroxylation is 1. The van der Waals surface area contributed by atoms with Gasteiger partial charge in [0.05, 0.1) is 17.9 Å². The van der Waals surface area contributed by atoms with E-state index in [1.54, 1.807) is 35.9 Å². The highest BCUT2D eigenvalue weighted by Gasteiger charge is 2.36. The summed E-state index contributed by atoms with van der Waals surface area (Å²) in [5.74, 6) is 1.08. The van der Waals surface area contributed by atoms with Crippen LogP contribution in [0, 0.1) is 6.92 Å². The quantitative estimate of drug-likeness (QED) is 0.541. The number of carbonyl (C=O) groups is 1. The standard InChI is InChI=1S/C22H23F2N7O2/c1-14-18(31(28-25-14)17-4-2-15(3-5-17)22(23)24)13-33-20-9-8-19(26-27-20)29-10-11-30(16-6-7-16)21(32)12-29/h2-5,8-9,16,22H,6-7,10-13H2,1H3. The van der Waals surface area contributed by atoms with E-state index >= 15 is 0 Å². The van der Waals surface area contributed by atoms with Crippen molar-refractivity contribution in [3.8, 4) is 11.6 Å². The Balaban J connectivity index is 1.23. The monoisotopic (exact) mass is 455 g/mol. The molecular formula is C22H23F2N7O2. The SMILES string of the molecule is Cc1nnn(-c2ccc(C(F)F)cc2)c1COc1ccc(N2CCN(C3CC3)C(=O)C2)nn1. The molecular weight excluding hydrogens is 432 g/mol. The van der Waals surface area contributed by atoms with Gasteiger partial charge in [0.15, 0.2) is 5.82 Å². The van der Waals surface area contributed by atoms with Gasteiger partial charge in [-0.1, -0.05) is 17.3 Å². The van der Waals surface area contributed by atoms with Gasteiger partial charge in [-0.15, -0.1) is 15.3 Å². The van der Waals surface area contributed by atoms with Crippen molar-refractivity contribution in [2.75, 3.05) is 24.5 Å². The smallest absolute Gasteiger partial charge is 0.263 e. The maximum atomic E-state index is 12.8. The Labute approximate surface area is 189 Å². The Bertz CT molecular complexity index is 1130. The second-order valence-electron chi connectivity index (χ2n) is 8.18. The molecule has 5 rings (SSSR count). The van der Waals surface area contributed by atoms with Crippen LogP contribution >= 0.6 is 0 Å². The summed E-state index contributed by atoms with van der Waals surface area (Å²) in [6.45, 7) is 3.66. The molecule has 3 aromatic rings. The number of amides is 1. The molecule has 2 aliphatic rings. The average molecular weight is 455 g/mol. The topological polar surface area (TPSA) is 89.3 Å². The third-order valence-corrected chi connectivity index (χ3v) is 5.90. The molecule has 2 aromatic heterocycles. The summed E-state index contributed by atoms with van der Waals surface area (Å²) in [4.78, 5) is 16.2. The lowest BCUT2D eigenvalue weighted by Gasteiger charge is -2.34. The third-order valence-electron chi connectivity index (χ3n) is 5.90. The van der Waals surface area contributed by atoms with E-state index in [1.807, 2.05) is 9.80 Å². The molecule has 0 unspecified atom stereocenters. The first-order valence-electron chi connectivity index (χ1n) is 10.8. The van der Waals surface area contributed by atoms with Crippen molar-refractivity contribution in [1.82, 2.24) is 30.1 Å². The van der Waals surface area contributed by atoms with E-state index in [0.29, 0.717) is 47.9 Å². The van der Waals surface area contributed by atoms with E-state index in [-0.39, 0.29) is 18.1 Å². The van der Waals surface area contributed by atoms with Crippen molar-refractivity contribution in [3.63, 3.8) is 0 Å². The molecule has 3 heterocycles. The van der Waals surface area contributed by atoms with Crippen molar-refractivity contribution < 1.29 is 18.3 Å². The number of aromatic nitrogens is 5. The van der Waals surface area contributed by atoms with Gasteiger partial charge in [-0.3, -0.25) is 4.79 Å². The maximum Gasteiger partial charge on any atom is 0.263 e. The second-order valence-corrected chi connectivity index (χ2v) is 8.18. The highest BCUT2D eigenvalue weighted by molar-refractivity contribution is 5.83. The molecule has 9 nitrogen and oxygen atoms in total. The number of anilines is 1. The second kappa shape index (κ2) is 8.72. The summed E-state index contributed by atoms with van der Waals surface area (Å²) < 4.78 is 33.0. The van der Waals surface area contributed by atoms with Gasteiger partial charge in [-0.25, -0.2) is 13.5 Å². The van der Waals surface area contributed by atoms with E-state index in [9.17, 15) is 13.6 Å². The summed E-state index contributed by atoms with van der Waals surface area (Å²) in [5.41, 5.74) is 1.88. The van der Waals surface area contributed by atoms with Crippen molar-refractivity contribution >= 4 is 11.7 Å². The van der Waals surface area contributed by atoms with Gasteiger partial charge in [0.2, 0.25) is 11.8 Å². The number of alkyl halides is 2. The molecule has 172 valence electrons. The van der Waals surface area contributed by atoms with Gasteiger partial charge < -0.3 is 14.5 Å². The summed E-state index contributed by atoms with van der Waals surface area (Å²) in [5, 5.41) is 16.5. The lowest BCUT2D eigenvalue weighted by molar-refractivity contribution is -0.131. The highest BCUT2D eigenvalue weighted by atomic mass is 19.3. The molecule has 0 spiro atoms. The third kappa shape index (κ3) is 4.48. The Kier molecular flexibility index (Phi) is 5.61. The van der Waals surface area contributed by atoms with Gasteiger partial charge in [0.1, 0.15) is 12.3 Å². The van der Waals surface area contributed by atoms with E-state index in [1.165, 1.54) is 12.1 Å². The first-order valence-corrected chi connectivity index (χ1v) is 10.8. The van der Waals surface area contributed by atoms with E-state index in [2.05, 4.69) is 20.5 Å². The molecule has 11 heteroatoms. The Morgan fingerprint density at radius 3 is 2.48 bits per heavy atom. The van der Waals surface area contributed by atoms with E-state index in [4.69, 9.17) is 4.74 Å². The first kappa shape index (κ1) is 21.2. The molecule has 0 N–H and O–H groups in total. The number of piperazine rings is 1. The number of nitrogens with zero attached hydrogens (tertiary/aromatic N) is 7. The Morgan fingerprint density at radius 1 is 1.06 bits per heavy atom. The lowest BCUT2D eigenvalue weighted by Crippen LogP contribution is -2.51. The predicted molar refractivity (Wildman–Crippen MR) is 114 cm³/mol. The van der Waals surface area contributed by atoms with Gasteiger partial charge in [0.25, 0.3) is 6.43 Å². The molecule has 33 heavy (non-hydrogen) atoms. The first-order chi connectivity index (χ1) is 16.0. The van der Waals surface area contributed by atoms with Crippen LogP contribution in [0.2, 0.25) is 0 Å². The van der Waals surface area contributed by atoms with Crippen LogP contribution in [-0.4, -0.2) is 61.7 Å². The molecule has 1 saturated heterocycles. The largest absolute Gasteiger partial charge is 0.470 e. The zero-order chi connectivity index (χ0) is 22.9. The highest BCUT2D eigenvalue weighted by Crippen LogP contribution is 2.29. The van der Waals surface area contributed by atoms with Gasteiger partial charge in [-0.2, -0.15) is 0 Å². The van der Waals surface area contributed by atoms with Crippen molar-refractivity contribution in [2.24, 2.45) is 0 Å². The minimum Gasteiger partial charge on any atom is -0.470 e. The molecule has 1 aromatic carbocycles. The van der Waals surface area contributed by atoms with Crippen molar-refractivity contribution in [1.29, 1.82) is 0 Å².